The number of imidazole rings is 1. The first-order valence-electron chi connectivity index (χ1n) is 11.7. The minimum atomic E-state index is -4.84. The molecule has 5 rings (SSSR count). The summed E-state index contributed by atoms with van der Waals surface area (Å²) in [5, 5.41) is 6.56. The van der Waals surface area contributed by atoms with Crippen LogP contribution in [0.25, 0.3) is 5.65 Å². The van der Waals surface area contributed by atoms with Crippen LogP contribution < -0.4 is 10.1 Å². The molecule has 0 radical (unpaired) electrons. The summed E-state index contributed by atoms with van der Waals surface area (Å²) in [5.41, 5.74) is 0.338. The number of likely N-dealkylation sites (tertiary alicyclic amines) is 1. The molecule has 1 N–H and O–H groups in total. The quantitative estimate of drug-likeness (QED) is 0.626. The number of pyridine rings is 1. The first-order chi connectivity index (χ1) is 16.8. The number of carbonyl (C=O) groups excluding carboxylic acids is 2. The van der Waals surface area contributed by atoms with Gasteiger partial charge in [-0.25, -0.2) is 9.50 Å². The zero-order valence-corrected chi connectivity index (χ0v) is 17.2. The molecule has 1 saturated heterocycles. The standard InChI is InChI=1S/C21H21F3N6O3/c1-28-4-5-30-18(28)15(10-26-30)19(32)29-11-20(12-29)8-13(9-20)6-17(31)27-16-7-14(2-3-25-16)33-21(22,23)24/h2-5,7,10,13H,6,8-9,11-12H2,1H3,(H,25,27,31)/i1D3. The monoisotopic (exact) mass is 465 g/mol. The van der Waals surface area contributed by atoms with E-state index in [1.54, 1.807) is 4.90 Å². The van der Waals surface area contributed by atoms with Crippen LogP contribution in [-0.4, -0.2) is 55.3 Å². The molecular formula is C21H21F3N6O3. The molecule has 4 heterocycles. The summed E-state index contributed by atoms with van der Waals surface area (Å²) in [4.78, 5) is 30.8. The third-order valence-corrected chi connectivity index (χ3v) is 6.07. The Balaban J connectivity index is 1.13. The number of nitrogens with zero attached hydrogens (tertiary/aromatic N) is 5. The van der Waals surface area contributed by atoms with Crippen molar-refractivity contribution < 1.29 is 31.6 Å². The lowest BCUT2D eigenvalue weighted by atomic mass is 9.57. The van der Waals surface area contributed by atoms with Crippen LogP contribution in [0.2, 0.25) is 0 Å². The molecule has 2 aliphatic rings. The Morgan fingerprint density at radius 1 is 1.33 bits per heavy atom. The maximum absolute atomic E-state index is 13.0. The van der Waals surface area contributed by atoms with Crippen LogP contribution in [0, 0.1) is 11.3 Å². The van der Waals surface area contributed by atoms with Gasteiger partial charge in [-0.15, -0.1) is 13.2 Å². The Morgan fingerprint density at radius 2 is 2.12 bits per heavy atom. The van der Waals surface area contributed by atoms with Gasteiger partial charge in [-0.2, -0.15) is 5.10 Å². The molecule has 174 valence electrons. The van der Waals surface area contributed by atoms with E-state index in [4.69, 9.17) is 4.11 Å². The lowest BCUT2D eigenvalue weighted by molar-refractivity contribution is -0.274. The highest BCUT2D eigenvalue weighted by Gasteiger charge is 2.54. The van der Waals surface area contributed by atoms with E-state index in [2.05, 4.69) is 20.1 Å². The number of anilines is 1. The molecule has 0 aromatic carbocycles. The zero-order chi connectivity index (χ0) is 25.9. The second-order valence-electron chi connectivity index (χ2n) is 8.61. The van der Waals surface area contributed by atoms with Crippen LogP contribution in [0.5, 0.6) is 5.75 Å². The third kappa shape index (κ3) is 4.12. The van der Waals surface area contributed by atoms with Crippen LogP contribution in [0.1, 0.15) is 33.7 Å². The Bertz CT molecular complexity index is 1320. The summed E-state index contributed by atoms with van der Waals surface area (Å²) in [6, 6.07) is 2.04. The molecule has 3 aromatic heterocycles. The number of halogens is 3. The Hall–Kier alpha value is -3.57. The van der Waals surface area contributed by atoms with Crippen LogP contribution in [0.15, 0.2) is 36.9 Å². The van der Waals surface area contributed by atoms with Gasteiger partial charge >= 0.3 is 6.36 Å². The highest BCUT2D eigenvalue weighted by atomic mass is 19.4. The number of hydrogen-bond acceptors (Lipinski definition) is 5. The summed E-state index contributed by atoms with van der Waals surface area (Å²) in [6.45, 7) is -1.46. The Kier molecular flexibility index (Phi) is 4.07. The second-order valence-corrected chi connectivity index (χ2v) is 8.61. The van der Waals surface area contributed by atoms with E-state index in [9.17, 15) is 22.8 Å². The molecule has 0 unspecified atom stereocenters. The number of hydrogen-bond donors (Lipinski definition) is 1. The molecule has 33 heavy (non-hydrogen) atoms. The van der Waals surface area contributed by atoms with Crippen molar-refractivity contribution in [1.29, 1.82) is 0 Å². The van der Waals surface area contributed by atoms with Gasteiger partial charge in [0.1, 0.15) is 22.8 Å². The van der Waals surface area contributed by atoms with Crippen molar-refractivity contribution in [2.45, 2.75) is 25.6 Å². The molecule has 12 heteroatoms. The summed E-state index contributed by atoms with van der Waals surface area (Å²) < 4.78 is 66.3. The molecule has 1 aliphatic carbocycles. The van der Waals surface area contributed by atoms with Gasteiger partial charge in [0.2, 0.25) is 5.91 Å². The van der Waals surface area contributed by atoms with Crippen molar-refractivity contribution in [2.75, 3.05) is 18.4 Å². The van der Waals surface area contributed by atoms with E-state index in [1.807, 2.05) is 0 Å². The van der Waals surface area contributed by atoms with Gasteiger partial charge in [0.15, 0.2) is 0 Å². The van der Waals surface area contributed by atoms with Crippen molar-refractivity contribution in [1.82, 2.24) is 24.1 Å². The molecule has 1 saturated carbocycles. The topological polar surface area (TPSA) is 93.8 Å². The average Bonchev–Trinajstić information content (AvgIpc) is 3.28. The van der Waals surface area contributed by atoms with Gasteiger partial charge in [-0.1, -0.05) is 0 Å². The van der Waals surface area contributed by atoms with Gasteiger partial charge in [0.25, 0.3) is 5.91 Å². The molecule has 0 bridgehead atoms. The molecule has 1 spiro atoms. The van der Waals surface area contributed by atoms with E-state index in [1.165, 1.54) is 23.1 Å². The second kappa shape index (κ2) is 7.49. The summed E-state index contributed by atoms with van der Waals surface area (Å²) in [7, 11) is 0. The summed E-state index contributed by atoms with van der Waals surface area (Å²) in [6.07, 6.45) is 2.10. The number of fused-ring (bicyclic) bond motifs is 1. The minimum absolute atomic E-state index is 0.0366. The van der Waals surface area contributed by atoms with E-state index >= 15 is 0 Å². The van der Waals surface area contributed by atoms with Crippen molar-refractivity contribution in [3.8, 4) is 5.75 Å². The molecule has 9 nitrogen and oxygen atoms in total. The number of ether oxygens (including phenoxy) is 1. The number of carbonyl (C=O) groups is 2. The van der Waals surface area contributed by atoms with Crippen molar-refractivity contribution in [3.05, 3.63) is 42.5 Å². The van der Waals surface area contributed by atoms with Crippen molar-refractivity contribution in [3.63, 3.8) is 0 Å². The van der Waals surface area contributed by atoms with E-state index in [0.717, 1.165) is 35.7 Å². The first-order valence-corrected chi connectivity index (χ1v) is 10.2. The van der Waals surface area contributed by atoms with E-state index < -0.39 is 19.1 Å². The largest absolute Gasteiger partial charge is 0.573 e. The fourth-order valence-electron chi connectivity index (χ4n) is 4.83. The smallest absolute Gasteiger partial charge is 0.406 e. The SMILES string of the molecule is [2H]C([2H])([2H])n1ccn2ncc(C(=O)N3CC4(CC(CC(=O)Nc5cc(OC(F)(F)F)ccn5)C4)C3)c12. The van der Waals surface area contributed by atoms with Gasteiger partial charge in [0, 0.05) is 60.7 Å². The Morgan fingerprint density at radius 3 is 2.85 bits per heavy atom. The molecule has 1 aliphatic heterocycles. The lowest BCUT2D eigenvalue weighted by Crippen LogP contribution is -2.63. The highest BCUT2D eigenvalue weighted by molar-refractivity contribution is 6.00. The van der Waals surface area contributed by atoms with Crippen LogP contribution >= 0.6 is 0 Å². The van der Waals surface area contributed by atoms with E-state index in [0.29, 0.717) is 13.1 Å². The van der Waals surface area contributed by atoms with E-state index in [-0.39, 0.29) is 46.6 Å². The third-order valence-electron chi connectivity index (χ3n) is 6.07. The molecule has 0 atom stereocenters. The van der Waals surface area contributed by atoms with Crippen molar-refractivity contribution in [2.24, 2.45) is 18.3 Å². The fourth-order valence-corrected chi connectivity index (χ4v) is 4.83. The normalized spacial score (nSPS) is 19.4. The number of amides is 2. The maximum atomic E-state index is 13.0. The average molecular weight is 465 g/mol. The number of aromatic nitrogens is 4. The van der Waals surface area contributed by atoms with Crippen LogP contribution in [0.3, 0.4) is 0 Å². The van der Waals surface area contributed by atoms with Gasteiger partial charge in [-0.3, -0.25) is 9.59 Å². The van der Waals surface area contributed by atoms with Crippen LogP contribution in [0.4, 0.5) is 19.0 Å². The number of alkyl halides is 3. The lowest BCUT2D eigenvalue weighted by Gasteiger charge is -2.59. The zero-order valence-electron chi connectivity index (χ0n) is 20.2. The molecular weight excluding hydrogens is 441 g/mol. The molecule has 2 fully saturated rings. The van der Waals surface area contributed by atoms with Gasteiger partial charge in [0.05, 0.1) is 6.20 Å². The number of rotatable bonds is 5. The van der Waals surface area contributed by atoms with Gasteiger partial charge in [-0.05, 0) is 24.8 Å². The van der Waals surface area contributed by atoms with Crippen molar-refractivity contribution >= 4 is 23.3 Å². The predicted molar refractivity (Wildman–Crippen MR) is 109 cm³/mol. The summed E-state index contributed by atoms with van der Waals surface area (Å²) >= 11 is 0. The maximum Gasteiger partial charge on any atom is 0.573 e. The predicted octanol–water partition coefficient (Wildman–Crippen LogP) is 2.85. The van der Waals surface area contributed by atoms with Gasteiger partial charge < -0.3 is 19.5 Å². The van der Waals surface area contributed by atoms with Crippen LogP contribution in [-0.2, 0) is 11.8 Å². The number of nitrogens with one attached hydrogen (secondary N) is 1. The number of aryl methyl sites for hydroxylation is 1. The molecule has 3 aromatic rings. The Labute approximate surface area is 190 Å². The summed E-state index contributed by atoms with van der Waals surface area (Å²) in [5.74, 6) is -1.10. The molecule has 2 amide bonds. The minimum Gasteiger partial charge on any atom is -0.406 e. The first kappa shape index (κ1) is 17.9. The highest BCUT2D eigenvalue weighted by Crippen LogP contribution is 2.53. The fraction of sp³-hybridized carbons (Fsp3) is 0.429.